The van der Waals surface area contributed by atoms with E-state index in [0.717, 1.165) is 5.56 Å². The molecule has 2 aliphatic heterocycles. The fourth-order valence-corrected chi connectivity index (χ4v) is 4.83. The highest BCUT2D eigenvalue weighted by atomic mass is 16.6. The minimum absolute atomic E-state index is 0.133. The summed E-state index contributed by atoms with van der Waals surface area (Å²) in [5, 5.41) is 8.68. The van der Waals surface area contributed by atoms with Crippen molar-refractivity contribution < 1.29 is 28.7 Å². The highest BCUT2D eigenvalue weighted by Gasteiger charge is 2.50. The van der Waals surface area contributed by atoms with Crippen LogP contribution in [-0.4, -0.2) is 91.6 Å². The van der Waals surface area contributed by atoms with E-state index < -0.39 is 35.5 Å². The summed E-state index contributed by atoms with van der Waals surface area (Å²) in [6.45, 7) is 12.6. The minimum Gasteiger partial charge on any atom is -0.379 e. The zero-order valence-corrected chi connectivity index (χ0v) is 24.5. The van der Waals surface area contributed by atoms with E-state index in [1.54, 1.807) is 6.92 Å². The molecule has 1 aromatic carbocycles. The molecule has 10 heteroatoms. The molecule has 3 rings (SSSR count). The standard InChI is InChI=1S/C30H46N4O6/c1-20(2)15-23(27(36)30(5)19-40-30)32-29(38)25(17-22-9-7-6-8-10-22)33-28(37)24(16-21(3)4)31-26(35)18-34-11-13-39-14-12-34/h6-10,20-21,23-25H,11-19H2,1-5H3,(H,31,35)(H,32,38)(H,33,37)/t23?,24?,25-,30?/m0/s1. The highest BCUT2D eigenvalue weighted by Crippen LogP contribution is 2.29. The van der Waals surface area contributed by atoms with E-state index in [0.29, 0.717) is 45.8 Å². The van der Waals surface area contributed by atoms with E-state index in [4.69, 9.17) is 9.47 Å². The molecule has 0 aliphatic carbocycles. The first kappa shape index (κ1) is 31.7. The second-order valence-electron chi connectivity index (χ2n) is 12.0. The van der Waals surface area contributed by atoms with Crippen molar-refractivity contribution in [2.24, 2.45) is 11.8 Å². The Bertz CT molecular complexity index is 1000. The topological polar surface area (TPSA) is 129 Å². The molecule has 40 heavy (non-hydrogen) atoms. The maximum Gasteiger partial charge on any atom is 0.243 e. The molecule has 0 saturated carbocycles. The number of hydrogen-bond donors (Lipinski definition) is 3. The van der Waals surface area contributed by atoms with Gasteiger partial charge in [-0.1, -0.05) is 58.0 Å². The van der Waals surface area contributed by atoms with Gasteiger partial charge in [-0.2, -0.15) is 0 Å². The van der Waals surface area contributed by atoms with Crippen LogP contribution in [0.2, 0.25) is 0 Å². The molecule has 0 aromatic heterocycles. The van der Waals surface area contributed by atoms with Crippen molar-refractivity contribution in [3.63, 3.8) is 0 Å². The third-order valence-corrected chi connectivity index (χ3v) is 7.18. The number of ether oxygens (including phenoxy) is 2. The zero-order valence-electron chi connectivity index (χ0n) is 24.5. The zero-order chi connectivity index (χ0) is 29.3. The van der Waals surface area contributed by atoms with Gasteiger partial charge in [-0.3, -0.25) is 24.1 Å². The largest absolute Gasteiger partial charge is 0.379 e. The van der Waals surface area contributed by atoms with Crippen LogP contribution in [0.15, 0.2) is 30.3 Å². The van der Waals surface area contributed by atoms with Crippen molar-refractivity contribution in [3.05, 3.63) is 35.9 Å². The van der Waals surface area contributed by atoms with Crippen LogP contribution in [0.4, 0.5) is 0 Å². The highest BCUT2D eigenvalue weighted by molar-refractivity contribution is 5.98. The molecule has 10 nitrogen and oxygen atoms in total. The Hall–Kier alpha value is -2.82. The van der Waals surface area contributed by atoms with Gasteiger partial charge in [-0.15, -0.1) is 0 Å². The molecule has 0 spiro atoms. The summed E-state index contributed by atoms with van der Waals surface area (Å²) >= 11 is 0. The second kappa shape index (κ2) is 14.7. The predicted octanol–water partition coefficient (Wildman–Crippen LogP) is 1.47. The molecule has 3 unspecified atom stereocenters. The summed E-state index contributed by atoms with van der Waals surface area (Å²) in [5.74, 6) is -0.976. The lowest BCUT2D eigenvalue weighted by Gasteiger charge is -2.28. The average Bonchev–Trinajstić information content (AvgIpc) is 3.66. The van der Waals surface area contributed by atoms with Crippen LogP contribution in [-0.2, 0) is 35.1 Å². The smallest absolute Gasteiger partial charge is 0.243 e. The Morgan fingerprint density at radius 2 is 1.40 bits per heavy atom. The normalized spacial score (nSPS) is 21.4. The molecular formula is C30H46N4O6. The fraction of sp³-hybridized carbons (Fsp3) is 0.667. The number of morpholine rings is 1. The van der Waals surface area contributed by atoms with E-state index >= 15 is 0 Å². The van der Waals surface area contributed by atoms with Gasteiger partial charge in [0.15, 0.2) is 5.78 Å². The molecule has 2 saturated heterocycles. The van der Waals surface area contributed by atoms with Crippen LogP contribution < -0.4 is 16.0 Å². The number of nitrogens with one attached hydrogen (secondary N) is 3. The molecule has 222 valence electrons. The van der Waals surface area contributed by atoms with Crippen LogP contribution >= 0.6 is 0 Å². The lowest BCUT2D eigenvalue weighted by Crippen LogP contribution is -2.58. The van der Waals surface area contributed by atoms with Gasteiger partial charge in [0, 0.05) is 19.5 Å². The Morgan fingerprint density at radius 1 is 0.850 bits per heavy atom. The van der Waals surface area contributed by atoms with Crippen molar-refractivity contribution in [1.29, 1.82) is 0 Å². The number of Topliss-reactive ketones (excluding diaryl/α,β-unsaturated/α-hetero) is 1. The fourth-order valence-electron chi connectivity index (χ4n) is 4.83. The summed E-state index contributed by atoms with van der Waals surface area (Å²) in [4.78, 5) is 55.1. The molecule has 2 heterocycles. The van der Waals surface area contributed by atoms with Crippen molar-refractivity contribution >= 4 is 23.5 Å². The number of hydrogen-bond acceptors (Lipinski definition) is 7. The SMILES string of the molecule is CC(C)CC(NC(=O)CN1CCOCC1)C(=O)N[C@@H](Cc1ccccc1)C(=O)NC(CC(C)C)C(=O)C1(C)CO1. The number of epoxide rings is 1. The maximum atomic E-state index is 13.6. The summed E-state index contributed by atoms with van der Waals surface area (Å²) in [6, 6.07) is 6.94. The monoisotopic (exact) mass is 558 g/mol. The van der Waals surface area contributed by atoms with Gasteiger partial charge >= 0.3 is 0 Å². The van der Waals surface area contributed by atoms with Crippen molar-refractivity contribution in [3.8, 4) is 0 Å². The molecule has 3 N–H and O–H groups in total. The van der Waals surface area contributed by atoms with Gasteiger partial charge < -0.3 is 25.4 Å². The summed E-state index contributed by atoms with van der Waals surface area (Å²) in [5.41, 5.74) is -0.0121. The Morgan fingerprint density at radius 3 is 1.98 bits per heavy atom. The van der Waals surface area contributed by atoms with Gasteiger partial charge in [-0.25, -0.2) is 0 Å². The number of ketones is 1. The minimum atomic E-state index is -0.934. The van der Waals surface area contributed by atoms with Crippen LogP contribution in [0, 0.1) is 11.8 Å². The molecule has 3 amide bonds. The van der Waals surface area contributed by atoms with Crippen LogP contribution in [0.25, 0.3) is 0 Å². The van der Waals surface area contributed by atoms with Gasteiger partial charge in [0.05, 0.1) is 32.4 Å². The first-order valence-corrected chi connectivity index (χ1v) is 14.4. The second-order valence-corrected chi connectivity index (χ2v) is 12.0. The molecule has 2 fully saturated rings. The van der Waals surface area contributed by atoms with Gasteiger partial charge in [0.2, 0.25) is 17.7 Å². The Kier molecular flexibility index (Phi) is 11.7. The molecule has 1 aromatic rings. The number of rotatable bonds is 15. The van der Waals surface area contributed by atoms with Crippen LogP contribution in [0.5, 0.6) is 0 Å². The first-order chi connectivity index (χ1) is 19.0. The predicted molar refractivity (Wildman–Crippen MR) is 151 cm³/mol. The van der Waals surface area contributed by atoms with Gasteiger partial charge in [-0.05, 0) is 37.2 Å². The average molecular weight is 559 g/mol. The van der Waals surface area contributed by atoms with Crippen molar-refractivity contribution in [2.45, 2.75) is 77.6 Å². The van der Waals surface area contributed by atoms with Crippen LogP contribution in [0.3, 0.4) is 0 Å². The van der Waals surface area contributed by atoms with Gasteiger partial charge in [0.1, 0.15) is 17.7 Å². The van der Waals surface area contributed by atoms with E-state index in [-0.39, 0.29) is 36.5 Å². The number of amides is 3. The molecule has 0 radical (unpaired) electrons. The van der Waals surface area contributed by atoms with Crippen LogP contribution in [0.1, 0.15) is 53.0 Å². The van der Waals surface area contributed by atoms with Gasteiger partial charge in [0.25, 0.3) is 0 Å². The van der Waals surface area contributed by atoms with Crippen molar-refractivity contribution in [1.82, 2.24) is 20.9 Å². The molecule has 4 atom stereocenters. The number of nitrogens with zero attached hydrogens (tertiary/aromatic N) is 1. The lowest BCUT2D eigenvalue weighted by molar-refractivity contribution is -0.134. The maximum absolute atomic E-state index is 13.6. The lowest BCUT2D eigenvalue weighted by atomic mass is 9.93. The molecule has 2 aliphatic rings. The number of benzene rings is 1. The molecule has 0 bridgehead atoms. The quantitative estimate of drug-likeness (QED) is 0.278. The summed E-state index contributed by atoms with van der Waals surface area (Å²) in [6.07, 6.45) is 1.12. The summed E-state index contributed by atoms with van der Waals surface area (Å²) < 4.78 is 10.7. The third-order valence-electron chi connectivity index (χ3n) is 7.18. The van der Waals surface area contributed by atoms with E-state index in [1.807, 2.05) is 62.9 Å². The summed E-state index contributed by atoms with van der Waals surface area (Å²) in [7, 11) is 0. The number of carbonyl (C=O) groups excluding carboxylic acids is 4. The van der Waals surface area contributed by atoms with Crippen molar-refractivity contribution in [2.75, 3.05) is 39.5 Å². The van der Waals surface area contributed by atoms with E-state index in [2.05, 4.69) is 16.0 Å². The van der Waals surface area contributed by atoms with E-state index in [9.17, 15) is 19.2 Å². The molecular weight excluding hydrogens is 512 g/mol. The Labute approximate surface area is 237 Å². The Balaban J connectivity index is 1.74. The first-order valence-electron chi connectivity index (χ1n) is 14.4. The third kappa shape index (κ3) is 9.98. The number of carbonyl (C=O) groups is 4. The van der Waals surface area contributed by atoms with E-state index in [1.165, 1.54) is 0 Å².